The van der Waals surface area contributed by atoms with Gasteiger partial charge in [-0.15, -0.1) is 10.2 Å². The van der Waals surface area contributed by atoms with Crippen molar-refractivity contribution in [1.29, 1.82) is 0 Å². The van der Waals surface area contributed by atoms with Crippen LogP contribution in [0.1, 0.15) is 48.2 Å². The number of hydrogen-bond acceptors (Lipinski definition) is 3. The summed E-state index contributed by atoms with van der Waals surface area (Å²) in [7, 11) is 0. The number of benzene rings is 3. The van der Waals surface area contributed by atoms with Crippen LogP contribution in [0.4, 0.5) is 0 Å². The standard InChI is InChI=1S/C24H22N2O/c1-17(2)21-12-5-3-9-19(21)14-15-23-25-26-24(27-23)16-20-11-7-10-18-8-4-6-13-22(18)20/h3-15,17H,16H2,1-2H3/b15-14+. The first-order chi connectivity index (χ1) is 13.2. The summed E-state index contributed by atoms with van der Waals surface area (Å²) in [6, 6.07) is 23.0. The lowest BCUT2D eigenvalue weighted by Crippen LogP contribution is -1.90. The Morgan fingerprint density at radius 1 is 0.852 bits per heavy atom. The van der Waals surface area contributed by atoms with E-state index in [2.05, 4.69) is 84.7 Å². The summed E-state index contributed by atoms with van der Waals surface area (Å²) < 4.78 is 5.85. The van der Waals surface area contributed by atoms with Gasteiger partial charge in [0.25, 0.3) is 0 Å². The van der Waals surface area contributed by atoms with Crippen LogP contribution in [-0.2, 0) is 6.42 Å². The van der Waals surface area contributed by atoms with Crippen LogP contribution in [0.15, 0.2) is 71.1 Å². The van der Waals surface area contributed by atoms with E-state index >= 15 is 0 Å². The molecule has 4 aromatic rings. The minimum Gasteiger partial charge on any atom is -0.421 e. The molecule has 0 saturated carbocycles. The van der Waals surface area contributed by atoms with Crippen LogP contribution in [0.25, 0.3) is 22.9 Å². The Labute approximate surface area is 159 Å². The van der Waals surface area contributed by atoms with E-state index in [9.17, 15) is 0 Å². The van der Waals surface area contributed by atoms with E-state index in [4.69, 9.17) is 4.42 Å². The van der Waals surface area contributed by atoms with Gasteiger partial charge >= 0.3 is 0 Å². The molecule has 4 rings (SSSR count). The van der Waals surface area contributed by atoms with Gasteiger partial charge in [0.05, 0.1) is 6.42 Å². The van der Waals surface area contributed by atoms with Crippen LogP contribution in [-0.4, -0.2) is 10.2 Å². The first kappa shape index (κ1) is 17.2. The number of hydrogen-bond donors (Lipinski definition) is 0. The van der Waals surface area contributed by atoms with Crippen molar-refractivity contribution in [3.8, 4) is 0 Å². The largest absolute Gasteiger partial charge is 0.421 e. The van der Waals surface area contributed by atoms with Crippen molar-refractivity contribution in [2.45, 2.75) is 26.2 Å². The molecule has 0 saturated heterocycles. The molecule has 27 heavy (non-hydrogen) atoms. The molecular weight excluding hydrogens is 332 g/mol. The molecule has 0 N–H and O–H groups in total. The van der Waals surface area contributed by atoms with Crippen LogP contribution in [0.2, 0.25) is 0 Å². The van der Waals surface area contributed by atoms with Gasteiger partial charge in [0.1, 0.15) is 0 Å². The first-order valence-electron chi connectivity index (χ1n) is 9.27. The van der Waals surface area contributed by atoms with Crippen LogP contribution in [0.5, 0.6) is 0 Å². The van der Waals surface area contributed by atoms with Crippen molar-refractivity contribution < 1.29 is 4.42 Å². The molecule has 0 amide bonds. The van der Waals surface area contributed by atoms with Gasteiger partial charge in [-0.3, -0.25) is 0 Å². The van der Waals surface area contributed by atoms with Crippen molar-refractivity contribution in [2.75, 3.05) is 0 Å². The van der Waals surface area contributed by atoms with Gasteiger partial charge in [0.2, 0.25) is 11.8 Å². The van der Waals surface area contributed by atoms with E-state index in [0.29, 0.717) is 24.1 Å². The highest BCUT2D eigenvalue weighted by Gasteiger charge is 2.08. The van der Waals surface area contributed by atoms with Gasteiger partial charge in [-0.1, -0.05) is 80.6 Å². The van der Waals surface area contributed by atoms with Crippen molar-refractivity contribution in [2.24, 2.45) is 0 Å². The maximum atomic E-state index is 5.85. The van der Waals surface area contributed by atoms with Crippen LogP contribution >= 0.6 is 0 Å². The van der Waals surface area contributed by atoms with Crippen LogP contribution in [0.3, 0.4) is 0 Å². The van der Waals surface area contributed by atoms with E-state index in [1.807, 2.05) is 18.2 Å². The van der Waals surface area contributed by atoms with Gasteiger partial charge in [0.15, 0.2) is 0 Å². The molecule has 1 heterocycles. The summed E-state index contributed by atoms with van der Waals surface area (Å²) in [6.07, 6.45) is 4.57. The predicted octanol–water partition coefficient (Wildman–Crippen LogP) is 6.11. The molecule has 3 nitrogen and oxygen atoms in total. The molecular formula is C24H22N2O. The van der Waals surface area contributed by atoms with Crippen molar-refractivity contribution >= 4 is 22.9 Å². The van der Waals surface area contributed by atoms with E-state index < -0.39 is 0 Å². The third-order valence-electron chi connectivity index (χ3n) is 4.73. The molecule has 134 valence electrons. The van der Waals surface area contributed by atoms with Gasteiger partial charge in [-0.25, -0.2) is 0 Å². The highest BCUT2D eigenvalue weighted by atomic mass is 16.4. The molecule has 0 aliphatic carbocycles. The quantitative estimate of drug-likeness (QED) is 0.434. The SMILES string of the molecule is CC(C)c1ccccc1/C=C/c1nnc(Cc2cccc3ccccc23)o1. The smallest absolute Gasteiger partial charge is 0.240 e. The minimum absolute atomic E-state index is 0.468. The fourth-order valence-corrected chi connectivity index (χ4v) is 3.36. The lowest BCUT2D eigenvalue weighted by molar-refractivity contribution is 0.497. The zero-order valence-corrected chi connectivity index (χ0v) is 15.6. The summed E-state index contributed by atoms with van der Waals surface area (Å²) in [5, 5.41) is 10.8. The average Bonchev–Trinajstić information content (AvgIpc) is 3.14. The van der Waals surface area contributed by atoms with Crippen LogP contribution in [0, 0.1) is 0 Å². The molecule has 0 atom stereocenters. The van der Waals surface area contributed by atoms with E-state index in [1.54, 1.807) is 0 Å². The zero-order chi connectivity index (χ0) is 18.6. The first-order valence-corrected chi connectivity index (χ1v) is 9.27. The Morgan fingerprint density at radius 2 is 1.63 bits per heavy atom. The van der Waals surface area contributed by atoms with Crippen LogP contribution < -0.4 is 0 Å². The minimum atomic E-state index is 0.468. The number of nitrogens with zero attached hydrogens (tertiary/aromatic N) is 2. The molecule has 0 fully saturated rings. The summed E-state index contributed by atoms with van der Waals surface area (Å²) in [4.78, 5) is 0. The van der Waals surface area contributed by atoms with Crippen molar-refractivity contribution in [1.82, 2.24) is 10.2 Å². The normalized spacial score (nSPS) is 11.7. The molecule has 0 aliphatic rings. The Balaban J connectivity index is 1.56. The maximum Gasteiger partial charge on any atom is 0.240 e. The second-order valence-electron chi connectivity index (χ2n) is 6.97. The fourth-order valence-electron chi connectivity index (χ4n) is 3.36. The number of rotatable bonds is 5. The fraction of sp³-hybridized carbons (Fsp3) is 0.167. The van der Waals surface area contributed by atoms with Gasteiger partial charge in [-0.05, 0) is 39.5 Å². The maximum absolute atomic E-state index is 5.85. The van der Waals surface area contributed by atoms with Crippen molar-refractivity contribution in [3.63, 3.8) is 0 Å². The number of aromatic nitrogens is 2. The zero-order valence-electron chi connectivity index (χ0n) is 15.6. The molecule has 0 radical (unpaired) electrons. The van der Waals surface area contributed by atoms with E-state index in [0.717, 1.165) is 0 Å². The van der Waals surface area contributed by atoms with Gasteiger partial charge < -0.3 is 4.42 Å². The second-order valence-corrected chi connectivity index (χ2v) is 6.97. The van der Waals surface area contributed by atoms with Gasteiger partial charge in [-0.2, -0.15) is 0 Å². The van der Waals surface area contributed by atoms with Gasteiger partial charge in [0, 0.05) is 6.08 Å². The molecule has 0 aliphatic heterocycles. The topological polar surface area (TPSA) is 38.9 Å². The van der Waals surface area contributed by atoms with E-state index in [1.165, 1.54) is 27.5 Å². The monoisotopic (exact) mass is 354 g/mol. The molecule has 0 spiro atoms. The third kappa shape index (κ3) is 3.82. The lowest BCUT2D eigenvalue weighted by atomic mass is 9.97. The molecule has 1 aromatic heterocycles. The highest BCUT2D eigenvalue weighted by molar-refractivity contribution is 5.85. The summed E-state index contributed by atoms with van der Waals surface area (Å²) in [6.45, 7) is 4.39. The summed E-state index contributed by atoms with van der Waals surface area (Å²) in [5.74, 6) is 1.63. The molecule has 3 aromatic carbocycles. The molecule has 0 bridgehead atoms. The Hall–Kier alpha value is -3.20. The highest BCUT2D eigenvalue weighted by Crippen LogP contribution is 2.23. The summed E-state index contributed by atoms with van der Waals surface area (Å²) in [5.41, 5.74) is 3.68. The van der Waals surface area contributed by atoms with Crippen molar-refractivity contribution in [3.05, 3.63) is 95.2 Å². The predicted molar refractivity (Wildman–Crippen MR) is 111 cm³/mol. The number of fused-ring (bicyclic) bond motifs is 1. The Bertz CT molecular complexity index is 1090. The second kappa shape index (κ2) is 7.58. The van der Waals surface area contributed by atoms with E-state index in [-0.39, 0.29) is 0 Å². The Kier molecular flexibility index (Phi) is 4.84. The Morgan fingerprint density at radius 3 is 2.52 bits per heavy atom. The lowest BCUT2D eigenvalue weighted by Gasteiger charge is -2.08. The average molecular weight is 354 g/mol. The third-order valence-corrected chi connectivity index (χ3v) is 4.73. The summed E-state index contributed by atoms with van der Waals surface area (Å²) >= 11 is 0. The molecule has 3 heteroatoms. The molecule has 0 unspecified atom stereocenters.